The van der Waals surface area contributed by atoms with E-state index in [1.165, 1.54) is 0 Å². The Bertz CT molecular complexity index is 460. The van der Waals surface area contributed by atoms with Crippen LogP contribution >= 0.6 is 0 Å². The van der Waals surface area contributed by atoms with Gasteiger partial charge in [-0.15, -0.1) is 0 Å². The highest BCUT2D eigenvalue weighted by molar-refractivity contribution is 5.94. The maximum absolute atomic E-state index is 13.1. The molecule has 2 fully saturated rings. The standard InChI is InChI=1S/C13H14F2N2O/c14-11-1-8(2-12(15)3-11)13(18)17-6-9-4-16-5-10(9)7-17/h1-3,9-10,16H,4-7H2/t9-,10+. The van der Waals surface area contributed by atoms with Crippen LogP contribution in [-0.2, 0) is 0 Å². The number of halogens is 2. The van der Waals surface area contributed by atoms with Crippen molar-refractivity contribution in [3.63, 3.8) is 0 Å². The van der Waals surface area contributed by atoms with Gasteiger partial charge in [0.15, 0.2) is 0 Å². The van der Waals surface area contributed by atoms with Gasteiger partial charge in [-0.25, -0.2) is 8.78 Å². The number of carbonyl (C=O) groups is 1. The molecule has 96 valence electrons. The molecular weight excluding hydrogens is 238 g/mol. The smallest absolute Gasteiger partial charge is 0.254 e. The van der Waals surface area contributed by atoms with E-state index in [2.05, 4.69) is 5.32 Å². The van der Waals surface area contributed by atoms with Gasteiger partial charge in [0, 0.05) is 37.8 Å². The van der Waals surface area contributed by atoms with Crippen LogP contribution in [0.2, 0.25) is 0 Å². The lowest BCUT2D eigenvalue weighted by atomic mass is 10.0. The van der Waals surface area contributed by atoms with Gasteiger partial charge in [-0.2, -0.15) is 0 Å². The molecule has 2 saturated heterocycles. The molecule has 0 radical (unpaired) electrons. The minimum Gasteiger partial charge on any atom is -0.338 e. The van der Waals surface area contributed by atoms with E-state index in [0.717, 1.165) is 31.3 Å². The Morgan fingerprint density at radius 2 is 1.67 bits per heavy atom. The number of amides is 1. The highest BCUT2D eigenvalue weighted by Gasteiger charge is 2.38. The molecule has 0 bridgehead atoms. The van der Waals surface area contributed by atoms with Gasteiger partial charge >= 0.3 is 0 Å². The summed E-state index contributed by atoms with van der Waals surface area (Å²) in [6, 6.07) is 2.97. The molecule has 1 N–H and O–H groups in total. The average molecular weight is 252 g/mol. The fraction of sp³-hybridized carbons (Fsp3) is 0.462. The number of hydrogen-bond donors (Lipinski definition) is 1. The SMILES string of the molecule is O=C(c1cc(F)cc(F)c1)N1C[C@H]2CNC[C@H]2C1. The lowest BCUT2D eigenvalue weighted by molar-refractivity contribution is 0.0780. The van der Waals surface area contributed by atoms with Crippen LogP contribution in [-0.4, -0.2) is 37.0 Å². The van der Waals surface area contributed by atoms with Crippen molar-refractivity contribution in [3.8, 4) is 0 Å². The third-order valence-corrected chi connectivity index (χ3v) is 3.79. The summed E-state index contributed by atoms with van der Waals surface area (Å²) in [6.07, 6.45) is 0. The van der Waals surface area contributed by atoms with E-state index in [0.29, 0.717) is 24.9 Å². The van der Waals surface area contributed by atoms with Gasteiger partial charge in [0.1, 0.15) is 11.6 Å². The van der Waals surface area contributed by atoms with Crippen LogP contribution in [0.4, 0.5) is 8.78 Å². The molecule has 2 aliphatic heterocycles. The van der Waals surface area contributed by atoms with Crippen LogP contribution in [0.5, 0.6) is 0 Å². The minimum atomic E-state index is -0.709. The van der Waals surface area contributed by atoms with Crippen LogP contribution in [0.3, 0.4) is 0 Å². The molecule has 0 saturated carbocycles. The topological polar surface area (TPSA) is 32.3 Å². The first-order chi connectivity index (χ1) is 8.63. The number of nitrogens with zero attached hydrogens (tertiary/aromatic N) is 1. The first-order valence-electron chi connectivity index (χ1n) is 6.09. The third-order valence-electron chi connectivity index (χ3n) is 3.79. The largest absolute Gasteiger partial charge is 0.338 e. The Kier molecular flexibility index (Phi) is 2.78. The van der Waals surface area contributed by atoms with Gasteiger partial charge in [-0.1, -0.05) is 0 Å². The second kappa shape index (κ2) is 4.31. The van der Waals surface area contributed by atoms with Crippen molar-refractivity contribution >= 4 is 5.91 Å². The normalized spacial score (nSPS) is 26.4. The Morgan fingerprint density at radius 1 is 1.11 bits per heavy atom. The molecule has 0 spiro atoms. The van der Waals surface area contributed by atoms with Crippen LogP contribution < -0.4 is 5.32 Å². The summed E-state index contributed by atoms with van der Waals surface area (Å²) in [6.45, 7) is 3.20. The third kappa shape index (κ3) is 1.99. The van der Waals surface area contributed by atoms with E-state index < -0.39 is 11.6 Å². The number of likely N-dealkylation sites (tertiary alicyclic amines) is 1. The molecule has 5 heteroatoms. The fourth-order valence-electron chi connectivity index (χ4n) is 2.88. The Morgan fingerprint density at radius 3 is 2.22 bits per heavy atom. The molecule has 1 aromatic rings. The zero-order valence-corrected chi connectivity index (χ0v) is 9.83. The number of nitrogens with one attached hydrogen (secondary N) is 1. The summed E-state index contributed by atoms with van der Waals surface area (Å²) in [7, 11) is 0. The molecule has 0 unspecified atom stereocenters. The van der Waals surface area contributed by atoms with Crippen molar-refractivity contribution < 1.29 is 13.6 Å². The molecule has 3 nitrogen and oxygen atoms in total. The van der Waals surface area contributed by atoms with E-state index in [4.69, 9.17) is 0 Å². The molecular formula is C13H14F2N2O. The van der Waals surface area contributed by atoms with Crippen LogP contribution in [0.1, 0.15) is 10.4 Å². The van der Waals surface area contributed by atoms with Crippen LogP contribution in [0, 0.1) is 23.5 Å². The van der Waals surface area contributed by atoms with Gasteiger partial charge in [0.2, 0.25) is 0 Å². The lowest BCUT2D eigenvalue weighted by Crippen LogP contribution is -2.32. The number of carbonyl (C=O) groups excluding carboxylic acids is 1. The summed E-state index contributed by atoms with van der Waals surface area (Å²) in [4.78, 5) is 13.9. The van der Waals surface area contributed by atoms with Gasteiger partial charge in [-0.05, 0) is 24.0 Å². The highest BCUT2D eigenvalue weighted by atomic mass is 19.1. The maximum Gasteiger partial charge on any atom is 0.254 e. The molecule has 2 atom stereocenters. The van der Waals surface area contributed by atoms with Gasteiger partial charge in [0.05, 0.1) is 0 Å². The zero-order valence-electron chi connectivity index (χ0n) is 9.83. The summed E-state index contributed by atoms with van der Waals surface area (Å²) in [5.41, 5.74) is 0.0976. The van der Waals surface area contributed by atoms with E-state index in [-0.39, 0.29) is 11.5 Å². The van der Waals surface area contributed by atoms with E-state index in [9.17, 15) is 13.6 Å². The second-order valence-electron chi connectivity index (χ2n) is 5.05. The quantitative estimate of drug-likeness (QED) is 0.816. The Balaban J connectivity index is 1.78. The first-order valence-corrected chi connectivity index (χ1v) is 6.09. The number of benzene rings is 1. The van der Waals surface area contributed by atoms with Crippen molar-refractivity contribution in [2.75, 3.05) is 26.2 Å². The zero-order chi connectivity index (χ0) is 12.7. The van der Waals surface area contributed by atoms with Crippen molar-refractivity contribution in [1.29, 1.82) is 0 Å². The fourth-order valence-corrected chi connectivity index (χ4v) is 2.88. The number of fused-ring (bicyclic) bond motifs is 1. The Hall–Kier alpha value is -1.49. The molecule has 2 aliphatic rings. The van der Waals surface area contributed by atoms with E-state index in [1.54, 1.807) is 4.90 Å². The van der Waals surface area contributed by atoms with E-state index >= 15 is 0 Å². The van der Waals surface area contributed by atoms with Crippen LogP contribution in [0.25, 0.3) is 0 Å². The summed E-state index contributed by atoms with van der Waals surface area (Å²) in [5.74, 6) is -0.735. The van der Waals surface area contributed by atoms with Crippen molar-refractivity contribution in [2.45, 2.75) is 0 Å². The summed E-state index contributed by atoms with van der Waals surface area (Å²) in [5, 5.41) is 3.28. The maximum atomic E-state index is 13.1. The minimum absolute atomic E-state index is 0.0976. The highest BCUT2D eigenvalue weighted by Crippen LogP contribution is 2.27. The molecule has 0 aromatic heterocycles. The van der Waals surface area contributed by atoms with E-state index in [1.807, 2.05) is 0 Å². The van der Waals surface area contributed by atoms with Gasteiger partial charge in [-0.3, -0.25) is 4.79 Å². The monoisotopic (exact) mass is 252 g/mol. The molecule has 0 aliphatic carbocycles. The average Bonchev–Trinajstić information content (AvgIpc) is 2.86. The predicted octanol–water partition coefficient (Wildman–Crippen LogP) is 1.26. The van der Waals surface area contributed by atoms with Gasteiger partial charge in [0.25, 0.3) is 5.91 Å². The van der Waals surface area contributed by atoms with Gasteiger partial charge < -0.3 is 10.2 Å². The van der Waals surface area contributed by atoms with Crippen molar-refractivity contribution in [3.05, 3.63) is 35.4 Å². The molecule has 3 rings (SSSR count). The molecule has 1 amide bonds. The number of rotatable bonds is 1. The van der Waals surface area contributed by atoms with Crippen molar-refractivity contribution in [1.82, 2.24) is 10.2 Å². The number of hydrogen-bond acceptors (Lipinski definition) is 2. The second-order valence-corrected chi connectivity index (χ2v) is 5.05. The molecule has 18 heavy (non-hydrogen) atoms. The van der Waals surface area contributed by atoms with Crippen molar-refractivity contribution in [2.24, 2.45) is 11.8 Å². The first kappa shape index (κ1) is 11.6. The predicted molar refractivity (Wildman–Crippen MR) is 62.1 cm³/mol. The lowest BCUT2D eigenvalue weighted by Gasteiger charge is -2.17. The Labute approximate surface area is 104 Å². The molecule has 1 aromatic carbocycles. The summed E-state index contributed by atoms with van der Waals surface area (Å²) < 4.78 is 26.2. The van der Waals surface area contributed by atoms with Crippen LogP contribution in [0.15, 0.2) is 18.2 Å². The summed E-state index contributed by atoms with van der Waals surface area (Å²) >= 11 is 0. The molecule has 2 heterocycles.